The maximum atomic E-state index is 13.6. The molecule has 3 N–H and O–H groups in total. The number of furan rings is 1. The summed E-state index contributed by atoms with van der Waals surface area (Å²) in [4.78, 5) is 38.6. The van der Waals surface area contributed by atoms with E-state index in [1.807, 2.05) is 84.9 Å². The second-order valence-electron chi connectivity index (χ2n) is 10.4. The van der Waals surface area contributed by atoms with Gasteiger partial charge in [0, 0.05) is 15.4 Å². The van der Waals surface area contributed by atoms with Gasteiger partial charge in [-0.15, -0.1) is 0 Å². The van der Waals surface area contributed by atoms with Gasteiger partial charge >= 0.3 is 5.97 Å². The number of fused-ring (bicyclic) bond motifs is 1. The minimum atomic E-state index is -1.08. The number of ether oxygens (including phenoxy) is 1. The topological polar surface area (TPSA) is 118 Å². The number of carbonyl (C=O) groups is 3. The average molecular weight is 676 g/mol. The molecular formula is C37H27BrN2O6. The molecular weight excluding hydrogens is 648 g/mol. The van der Waals surface area contributed by atoms with Gasteiger partial charge in [0.25, 0.3) is 11.8 Å². The van der Waals surface area contributed by atoms with E-state index in [0.717, 1.165) is 16.5 Å². The van der Waals surface area contributed by atoms with Gasteiger partial charge in [0.1, 0.15) is 17.1 Å². The van der Waals surface area contributed by atoms with Crippen molar-refractivity contribution in [1.29, 1.82) is 0 Å². The fourth-order valence-corrected chi connectivity index (χ4v) is 5.42. The molecule has 0 aliphatic heterocycles. The summed E-state index contributed by atoms with van der Waals surface area (Å²) in [7, 11) is 0. The van der Waals surface area contributed by atoms with Gasteiger partial charge < -0.3 is 24.9 Å². The first-order valence-electron chi connectivity index (χ1n) is 14.4. The summed E-state index contributed by atoms with van der Waals surface area (Å²) in [5.41, 5.74) is 3.28. The molecule has 0 spiro atoms. The van der Waals surface area contributed by atoms with Crippen LogP contribution in [0.3, 0.4) is 0 Å². The van der Waals surface area contributed by atoms with Gasteiger partial charge in [-0.25, -0.2) is 0 Å². The van der Waals surface area contributed by atoms with Crippen LogP contribution < -0.4 is 15.4 Å². The van der Waals surface area contributed by atoms with Crippen LogP contribution in [0, 0.1) is 0 Å². The molecule has 0 aliphatic carbocycles. The number of benzene rings is 5. The lowest BCUT2D eigenvalue weighted by molar-refractivity contribution is -0.137. The van der Waals surface area contributed by atoms with E-state index >= 15 is 0 Å². The maximum Gasteiger partial charge on any atom is 0.305 e. The standard InChI is InChI=1S/C37H27BrN2O6/c38-26-18-19-30(39-37(44)34-20-25-8-4-6-12-32(25)46-34)29(21-26)36(43)40-31(22-35(41)42)24-16-14-23(15-17-24)28-11-5-7-13-33(28)45-27-9-2-1-3-10-27/h1-21,31H,22H2,(H,39,44)(H,40,43)(H,41,42). The highest BCUT2D eigenvalue weighted by Gasteiger charge is 2.23. The highest BCUT2D eigenvalue weighted by atomic mass is 79.9. The van der Waals surface area contributed by atoms with Crippen molar-refractivity contribution < 1.29 is 28.6 Å². The molecule has 0 saturated heterocycles. The van der Waals surface area contributed by atoms with E-state index in [-0.39, 0.29) is 23.4 Å². The molecule has 8 nitrogen and oxygen atoms in total. The number of nitrogens with one attached hydrogen (secondary N) is 2. The zero-order chi connectivity index (χ0) is 32.0. The summed E-state index contributed by atoms with van der Waals surface area (Å²) in [5, 5.41) is 16.1. The molecule has 1 unspecified atom stereocenters. The van der Waals surface area contributed by atoms with Crippen LogP contribution in [-0.4, -0.2) is 22.9 Å². The maximum absolute atomic E-state index is 13.6. The average Bonchev–Trinajstić information content (AvgIpc) is 3.51. The highest BCUT2D eigenvalue weighted by Crippen LogP contribution is 2.34. The Morgan fingerprint density at radius 1 is 0.783 bits per heavy atom. The van der Waals surface area contributed by atoms with Gasteiger partial charge in [-0.1, -0.05) is 94.8 Å². The van der Waals surface area contributed by atoms with Gasteiger partial charge in [-0.3, -0.25) is 14.4 Å². The Balaban J connectivity index is 1.23. The number of carboxylic acid groups (broad SMARTS) is 1. The van der Waals surface area contributed by atoms with Crippen molar-refractivity contribution in [1.82, 2.24) is 5.32 Å². The second kappa shape index (κ2) is 13.5. The lowest BCUT2D eigenvalue weighted by Gasteiger charge is -2.20. The Morgan fingerprint density at radius 2 is 1.50 bits per heavy atom. The van der Waals surface area contributed by atoms with Crippen molar-refractivity contribution in [3.8, 4) is 22.6 Å². The zero-order valence-corrected chi connectivity index (χ0v) is 25.9. The smallest absolute Gasteiger partial charge is 0.305 e. The van der Waals surface area contributed by atoms with E-state index in [1.54, 1.807) is 42.5 Å². The van der Waals surface area contributed by atoms with Crippen LogP contribution in [0.5, 0.6) is 11.5 Å². The molecule has 46 heavy (non-hydrogen) atoms. The summed E-state index contributed by atoms with van der Waals surface area (Å²) in [6.45, 7) is 0. The number of carboxylic acids is 1. The molecule has 0 bridgehead atoms. The van der Waals surface area contributed by atoms with Crippen molar-refractivity contribution >= 4 is 50.4 Å². The lowest BCUT2D eigenvalue weighted by Crippen LogP contribution is -2.31. The Kier molecular flexibility index (Phi) is 8.94. The third-order valence-electron chi connectivity index (χ3n) is 7.29. The van der Waals surface area contributed by atoms with Crippen LogP contribution in [-0.2, 0) is 4.79 Å². The number of aliphatic carboxylic acids is 1. The van der Waals surface area contributed by atoms with Crippen molar-refractivity contribution in [2.45, 2.75) is 12.5 Å². The predicted octanol–water partition coefficient (Wildman–Crippen LogP) is 8.85. The number of hydrogen-bond acceptors (Lipinski definition) is 5. The van der Waals surface area contributed by atoms with Crippen LogP contribution in [0.15, 0.2) is 136 Å². The number of carbonyl (C=O) groups excluding carboxylic acids is 2. The molecule has 1 heterocycles. The molecule has 1 atom stereocenters. The minimum absolute atomic E-state index is 0.0927. The Labute approximate surface area is 272 Å². The fraction of sp³-hybridized carbons (Fsp3) is 0.0541. The summed E-state index contributed by atoms with van der Waals surface area (Å²) in [5.74, 6) is -0.696. The lowest BCUT2D eigenvalue weighted by atomic mass is 9.98. The van der Waals surface area contributed by atoms with Gasteiger partial charge in [-0.2, -0.15) is 0 Å². The van der Waals surface area contributed by atoms with Crippen molar-refractivity contribution in [2.24, 2.45) is 0 Å². The Bertz CT molecular complexity index is 2010. The summed E-state index contributed by atoms with van der Waals surface area (Å²) >= 11 is 3.39. The molecule has 2 amide bonds. The van der Waals surface area contributed by atoms with Gasteiger partial charge in [0.15, 0.2) is 5.76 Å². The van der Waals surface area contributed by atoms with Crippen LogP contribution in [0.4, 0.5) is 5.69 Å². The second-order valence-corrected chi connectivity index (χ2v) is 11.4. The van der Waals surface area contributed by atoms with Gasteiger partial charge in [0.2, 0.25) is 0 Å². The van der Waals surface area contributed by atoms with Crippen LogP contribution >= 0.6 is 15.9 Å². The molecule has 1 aromatic heterocycles. The van der Waals surface area contributed by atoms with Gasteiger partial charge in [0.05, 0.1) is 23.7 Å². The van der Waals surface area contributed by atoms with Crippen LogP contribution in [0.2, 0.25) is 0 Å². The van der Waals surface area contributed by atoms with Crippen molar-refractivity contribution in [3.63, 3.8) is 0 Å². The number of amides is 2. The van der Waals surface area contributed by atoms with Crippen molar-refractivity contribution in [3.05, 3.63) is 149 Å². The molecule has 9 heteroatoms. The first-order chi connectivity index (χ1) is 22.3. The Hall–Kier alpha value is -5.67. The van der Waals surface area contributed by atoms with E-state index < -0.39 is 23.8 Å². The van der Waals surface area contributed by atoms with Crippen LogP contribution in [0.1, 0.15) is 38.9 Å². The predicted molar refractivity (Wildman–Crippen MR) is 179 cm³/mol. The molecule has 5 aromatic carbocycles. The summed E-state index contributed by atoms with van der Waals surface area (Å²) in [6, 6.07) is 37.3. The first-order valence-corrected chi connectivity index (χ1v) is 15.2. The fourth-order valence-electron chi connectivity index (χ4n) is 5.06. The largest absolute Gasteiger partial charge is 0.481 e. The summed E-state index contributed by atoms with van der Waals surface area (Å²) < 4.78 is 12.4. The third-order valence-corrected chi connectivity index (χ3v) is 7.78. The SMILES string of the molecule is O=C(O)CC(NC(=O)c1cc(Br)ccc1NC(=O)c1cc2ccccc2o1)c1ccc(-c2ccccc2Oc2ccccc2)cc1. The van der Waals surface area contributed by atoms with Crippen LogP contribution in [0.25, 0.3) is 22.1 Å². The zero-order valence-electron chi connectivity index (χ0n) is 24.3. The molecule has 6 aromatic rings. The normalized spacial score (nSPS) is 11.5. The van der Waals surface area contributed by atoms with E-state index in [0.29, 0.717) is 27.1 Å². The molecule has 228 valence electrons. The van der Waals surface area contributed by atoms with E-state index in [1.165, 1.54) is 0 Å². The minimum Gasteiger partial charge on any atom is -0.481 e. The van der Waals surface area contributed by atoms with E-state index in [9.17, 15) is 19.5 Å². The number of halogens is 1. The quantitative estimate of drug-likeness (QED) is 0.134. The summed E-state index contributed by atoms with van der Waals surface area (Å²) in [6.07, 6.45) is -0.354. The molecule has 0 fully saturated rings. The number of rotatable bonds is 10. The highest BCUT2D eigenvalue weighted by molar-refractivity contribution is 9.10. The monoisotopic (exact) mass is 674 g/mol. The number of para-hydroxylation sites is 3. The molecule has 0 aliphatic rings. The van der Waals surface area contributed by atoms with Gasteiger partial charge in [-0.05, 0) is 59.7 Å². The molecule has 0 radical (unpaired) electrons. The third kappa shape index (κ3) is 7.00. The van der Waals surface area contributed by atoms with E-state index in [4.69, 9.17) is 9.15 Å². The number of hydrogen-bond donors (Lipinski definition) is 3. The molecule has 6 rings (SSSR count). The number of anilines is 1. The molecule has 0 saturated carbocycles. The Morgan fingerprint density at radius 3 is 2.26 bits per heavy atom. The van der Waals surface area contributed by atoms with Crippen molar-refractivity contribution in [2.75, 3.05) is 5.32 Å². The first kappa shape index (κ1) is 30.4. The van der Waals surface area contributed by atoms with E-state index in [2.05, 4.69) is 26.6 Å².